The van der Waals surface area contributed by atoms with Gasteiger partial charge >= 0.3 is 0 Å². The van der Waals surface area contributed by atoms with Crippen molar-refractivity contribution in [1.29, 1.82) is 0 Å². The number of carbonyl (C=O) groups is 1. The highest BCUT2D eigenvalue weighted by atomic mass is 16.2. The van der Waals surface area contributed by atoms with Gasteiger partial charge in [0.05, 0.1) is 0 Å². The topological polar surface area (TPSA) is 46.3 Å². The minimum absolute atomic E-state index is 0.235. The van der Waals surface area contributed by atoms with E-state index >= 15 is 0 Å². The molecule has 23 heavy (non-hydrogen) atoms. The van der Waals surface area contributed by atoms with E-state index in [0.29, 0.717) is 18.8 Å². The lowest BCUT2D eigenvalue weighted by atomic mass is 9.93. The van der Waals surface area contributed by atoms with Crippen LogP contribution in [0.5, 0.6) is 0 Å². The zero-order chi connectivity index (χ0) is 16.2. The van der Waals surface area contributed by atoms with Crippen LogP contribution in [0.2, 0.25) is 0 Å². The first-order valence-corrected chi connectivity index (χ1v) is 8.34. The Morgan fingerprint density at radius 1 is 1.13 bits per heavy atom. The van der Waals surface area contributed by atoms with E-state index in [4.69, 9.17) is 5.73 Å². The molecule has 2 aromatic carbocycles. The zero-order valence-electron chi connectivity index (χ0n) is 13.6. The number of nitrogen functional groups attached to an aromatic ring is 1. The summed E-state index contributed by atoms with van der Waals surface area (Å²) < 4.78 is 0. The van der Waals surface area contributed by atoms with Gasteiger partial charge in [-0.25, -0.2) is 0 Å². The van der Waals surface area contributed by atoms with Gasteiger partial charge in [0.2, 0.25) is 5.91 Å². The van der Waals surface area contributed by atoms with Crippen molar-refractivity contribution in [2.75, 3.05) is 12.3 Å². The van der Waals surface area contributed by atoms with Crippen LogP contribution in [0.4, 0.5) is 5.69 Å². The van der Waals surface area contributed by atoms with Gasteiger partial charge in [-0.15, -0.1) is 0 Å². The second-order valence-electron chi connectivity index (χ2n) is 6.33. The predicted molar refractivity (Wildman–Crippen MR) is 94.2 cm³/mol. The van der Waals surface area contributed by atoms with E-state index < -0.39 is 0 Å². The third kappa shape index (κ3) is 3.39. The van der Waals surface area contributed by atoms with Crippen LogP contribution >= 0.6 is 0 Å². The Bertz CT molecular complexity index is 668. The molecule has 1 aliphatic rings. The molecule has 0 saturated carbocycles. The van der Waals surface area contributed by atoms with Gasteiger partial charge in [-0.2, -0.15) is 0 Å². The monoisotopic (exact) mass is 308 g/mol. The lowest BCUT2D eigenvalue weighted by molar-refractivity contribution is -0.131. The maximum absolute atomic E-state index is 12.6. The average molecular weight is 308 g/mol. The minimum atomic E-state index is 0.235. The third-order valence-electron chi connectivity index (χ3n) is 4.97. The van der Waals surface area contributed by atoms with Crippen molar-refractivity contribution in [2.45, 2.75) is 38.1 Å². The van der Waals surface area contributed by atoms with E-state index in [1.54, 1.807) is 0 Å². The van der Waals surface area contributed by atoms with Crippen molar-refractivity contribution in [3.63, 3.8) is 0 Å². The zero-order valence-corrected chi connectivity index (χ0v) is 13.6. The Labute approximate surface area is 138 Å². The van der Waals surface area contributed by atoms with Crippen LogP contribution in [0.3, 0.4) is 0 Å². The highest BCUT2D eigenvalue weighted by Gasteiger charge is 2.34. The van der Waals surface area contributed by atoms with Gasteiger partial charge in [0.1, 0.15) is 0 Å². The number of nitrogens with two attached hydrogens (primary N) is 1. The molecule has 3 heteroatoms. The second kappa shape index (κ2) is 6.86. The summed E-state index contributed by atoms with van der Waals surface area (Å²) in [6, 6.07) is 18.6. The molecule has 0 aromatic heterocycles. The number of rotatable bonds is 4. The SMILES string of the molecule is CC1C(c2ccccc2)CCN1C(=O)CCc1ccccc1N. The Kier molecular flexibility index (Phi) is 4.65. The Morgan fingerprint density at radius 3 is 2.57 bits per heavy atom. The van der Waals surface area contributed by atoms with E-state index in [9.17, 15) is 4.79 Å². The Balaban J connectivity index is 1.61. The van der Waals surface area contributed by atoms with Crippen LogP contribution < -0.4 is 5.73 Å². The van der Waals surface area contributed by atoms with Crippen LogP contribution in [-0.4, -0.2) is 23.4 Å². The number of benzene rings is 2. The van der Waals surface area contributed by atoms with Crippen LogP contribution in [0.25, 0.3) is 0 Å². The van der Waals surface area contributed by atoms with Crippen molar-refractivity contribution in [3.8, 4) is 0 Å². The smallest absolute Gasteiger partial charge is 0.223 e. The predicted octanol–water partition coefficient (Wildman–Crippen LogP) is 3.61. The first-order valence-electron chi connectivity index (χ1n) is 8.34. The molecule has 3 nitrogen and oxygen atoms in total. The molecule has 120 valence electrons. The van der Waals surface area contributed by atoms with Crippen LogP contribution in [-0.2, 0) is 11.2 Å². The van der Waals surface area contributed by atoms with Crippen LogP contribution in [0.15, 0.2) is 54.6 Å². The molecular formula is C20H24N2O. The van der Waals surface area contributed by atoms with Crippen molar-refractivity contribution in [2.24, 2.45) is 0 Å². The lowest BCUT2D eigenvalue weighted by Crippen LogP contribution is -2.35. The molecule has 1 fully saturated rings. The Hall–Kier alpha value is -2.29. The normalized spacial score (nSPS) is 20.7. The van der Waals surface area contributed by atoms with Crippen molar-refractivity contribution < 1.29 is 4.79 Å². The summed E-state index contributed by atoms with van der Waals surface area (Å²) in [7, 11) is 0. The van der Waals surface area contributed by atoms with E-state index in [-0.39, 0.29) is 11.9 Å². The van der Waals surface area contributed by atoms with E-state index in [1.165, 1.54) is 5.56 Å². The summed E-state index contributed by atoms with van der Waals surface area (Å²) in [4.78, 5) is 14.6. The summed E-state index contributed by atoms with van der Waals surface area (Å²) in [5, 5.41) is 0. The lowest BCUT2D eigenvalue weighted by Gasteiger charge is -2.25. The highest BCUT2D eigenvalue weighted by Crippen LogP contribution is 2.33. The fourth-order valence-electron chi connectivity index (χ4n) is 3.58. The number of hydrogen-bond acceptors (Lipinski definition) is 2. The molecule has 0 aliphatic carbocycles. The first-order chi connectivity index (χ1) is 11.2. The Morgan fingerprint density at radius 2 is 1.83 bits per heavy atom. The van der Waals surface area contributed by atoms with Crippen LogP contribution in [0.1, 0.15) is 36.8 Å². The van der Waals surface area contributed by atoms with Gasteiger partial charge in [0, 0.05) is 30.6 Å². The molecule has 1 amide bonds. The largest absolute Gasteiger partial charge is 0.399 e. The van der Waals surface area contributed by atoms with E-state index in [2.05, 4.69) is 31.2 Å². The highest BCUT2D eigenvalue weighted by molar-refractivity contribution is 5.77. The van der Waals surface area contributed by atoms with E-state index in [1.807, 2.05) is 35.2 Å². The average Bonchev–Trinajstić information content (AvgIpc) is 2.96. The number of amides is 1. The maximum atomic E-state index is 12.6. The van der Waals surface area contributed by atoms with Crippen LogP contribution in [0, 0.1) is 0 Å². The number of aryl methyl sites for hydroxylation is 1. The molecule has 1 heterocycles. The summed E-state index contributed by atoms with van der Waals surface area (Å²) in [5.41, 5.74) is 9.13. The molecule has 0 spiro atoms. The van der Waals surface area contributed by atoms with Gasteiger partial charge in [-0.1, -0.05) is 48.5 Å². The molecule has 0 bridgehead atoms. The summed E-state index contributed by atoms with van der Waals surface area (Å²) in [6.07, 6.45) is 2.29. The van der Waals surface area contributed by atoms with Gasteiger partial charge < -0.3 is 10.6 Å². The fraction of sp³-hybridized carbons (Fsp3) is 0.350. The summed E-state index contributed by atoms with van der Waals surface area (Å²) in [5.74, 6) is 0.682. The van der Waals surface area contributed by atoms with E-state index in [0.717, 1.165) is 24.2 Å². The van der Waals surface area contributed by atoms with Crippen molar-refractivity contribution in [1.82, 2.24) is 4.90 Å². The number of carbonyl (C=O) groups excluding carboxylic acids is 1. The summed E-state index contributed by atoms with van der Waals surface area (Å²) >= 11 is 0. The second-order valence-corrected chi connectivity index (χ2v) is 6.33. The van der Waals surface area contributed by atoms with Gasteiger partial charge in [-0.05, 0) is 37.0 Å². The third-order valence-corrected chi connectivity index (χ3v) is 4.97. The molecule has 2 aromatic rings. The summed E-state index contributed by atoms with van der Waals surface area (Å²) in [6.45, 7) is 3.02. The first kappa shape index (κ1) is 15.6. The van der Waals surface area contributed by atoms with Crippen molar-refractivity contribution in [3.05, 3.63) is 65.7 Å². The molecule has 1 aliphatic heterocycles. The molecule has 3 rings (SSSR count). The van der Waals surface area contributed by atoms with Gasteiger partial charge in [-0.3, -0.25) is 4.79 Å². The molecule has 2 N–H and O–H groups in total. The minimum Gasteiger partial charge on any atom is -0.399 e. The number of hydrogen-bond donors (Lipinski definition) is 1. The molecular weight excluding hydrogens is 284 g/mol. The number of likely N-dealkylation sites (tertiary alicyclic amines) is 1. The number of para-hydroxylation sites is 1. The number of anilines is 1. The molecule has 0 radical (unpaired) electrons. The molecule has 2 unspecified atom stereocenters. The molecule has 1 saturated heterocycles. The van der Waals surface area contributed by atoms with Crippen molar-refractivity contribution >= 4 is 11.6 Å². The standard InChI is InChI=1S/C20H24N2O/c1-15-18(16-7-3-2-4-8-16)13-14-22(15)20(23)12-11-17-9-5-6-10-19(17)21/h2-10,15,18H,11-14,21H2,1H3. The maximum Gasteiger partial charge on any atom is 0.223 e. The quantitative estimate of drug-likeness (QED) is 0.877. The van der Waals surface area contributed by atoms with Gasteiger partial charge in [0.25, 0.3) is 0 Å². The van der Waals surface area contributed by atoms with Gasteiger partial charge in [0.15, 0.2) is 0 Å². The fourth-order valence-corrected chi connectivity index (χ4v) is 3.58. The molecule has 2 atom stereocenters. The number of nitrogens with zero attached hydrogens (tertiary/aromatic N) is 1.